The zero-order chi connectivity index (χ0) is 48.8. The van der Waals surface area contributed by atoms with Gasteiger partial charge in [-0.3, -0.25) is 19.3 Å². The molecule has 5 aromatic rings. The number of piperazine rings is 1. The molecule has 2 aliphatic rings. The van der Waals surface area contributed by atoms with Crippen LogP contribution < -0.4 is 4.72 Å². The summed E-state index contributed by atoms with van der Waals surface area (Å²) in [5.41, 5.74) is 3.06. The smallest absolute Gasteiger partial charge is 0.274 e. The summed E-state index contributed by atoms with van der Waals surface area (Å²) in [7, 11) is -4.45. The Balaban J connectivity index is 1.33. The van der Waals surface area contributed by atoms with Crippen LogP contribution in [-0.2, 0) is 34.0 Å². The van der Waals surface area contributed by atoms with Crippen LogP contribution in [0.4, 0.5) is 0 Å². The number of hydrogen-bond donors (Lipinski definition) is 1. The quantitative estimate of drug-likeness (QED) is 0.0856. The molecule has 364 valence electrons. The van der Waals surface area contributed by atoms with Gasteiger partial charge in [0.05, 0.1) is 23.1 Å². The van der Waals surface area contributed by atoms with Gasteiger partial charge in [0.15, 0.2) is 8.32 Å². The van der Waals surface area contributed by atoms with Crippen molar-refractivity contribution in [3.05, 3.63) is 119 Å². The van der Waals surface area contributed by atoms with E-state index in [2.05, 4.69) is 75.3 Å². The van der Waals surface area contributed by atoms with E-state index in [1.54, 1.807) is 12.1 Å². The van der Waals surface area contributed by atoms with Gasteiger partial charge < -0.3 is 23.7 Å². The van der Waals surface area contributed by atoms with Crippen LogP contribution in [0.25, 0.3) is 22.2 Å². The van der Waals surface area contributed by atoms with Gasteiger partial charge in [-0.1, -0.05) is 102 Å². The molecule has 1 N–H and O–H groups in total. The molecule has 2 aliphatic heterocycles. The van der Waals surface area contributed by atoms with Gasteiger partial charge in [-0.2, -0.15) is 0 Å². The number of fused-ring (bicyclic) bond motifs is 2. The summed E-state index contributed by atoms with van der Waals surface area (Å²) in [6, 6.07) is 24.6. The van der Waals surface area contributed by atoms with E-state index in [0.29, 0.717) is 62.8 Å². The summed E-state index contributed by atoms with van der Waals surface area (Å²) < 4.78 is 38.8. The second-order valence-corrected chi connectivity index (χ2v) is 26.6. The third-order valence-electron chi connectivity index (χ3n) is 14.2. The Morgan fingerprint density at radius 3 is 2.18 bits per heavy atom. The maximum atomic E-state index is 15.7. The summed E-state index contributed by atoms with van der Waals surface area (Å²) in [6.45, 7) is 22.0. The minimum absolute atomic E-state index is 0.00917. The maximum Gasteiger partial charge on any atom is 0.274 e. The first-order valence-corrected chi connectivity index (χ1v) is 28.8. The Bertz CT molecular complexity index is 2700. The minimum Gasteiger partial charge on any atom is -0.415 e. The van der Waals surface area contributed by atoms with Crippen molar-refractivity contribution in [1.29, 1.82) is 0 Å². The zero-order valence-electron chi connectivity index (χ0n) is 41.4. The Hall–Kier alpha value is -5.19. The molecule has 0 bridgehead atoms. The lowest BCUT2D eigenvalue weighted by Gasteiger charge is -2.41. The second-order valence-electron chi connectivity index (χ2n) is 20.1. The summed E-state index contributed by atoms with van der Waals surface area (Å²) in [5.74, 6) is -0.958. The molecule has 13 nitrogen and oxygen atoms in total. The highest BCUT2D eigenvalue weighted by atomic mass is 32.2. The van der Waals surface area contributed by atoms with E-state index in [-0.39, 0.29) is 38.9 Å². The molecule has 1 atom stereocenters. The number of amides is 3. The number of aromatic nitrogens is 2. The van der Waals surface area contributed by atoms with Crippen molar-refractivity contribution in [2.45, 2.75) is 109 Å². The van der Waals surface area contributed by atoms with Gasteiger partial charge in [0, 0.05) is 76.2 Å². The molecule has 0 saturated carbocycles. The first kappa shape index (κ1) is 50.7. The number of nitrogens with zero attached hydrogens (tertiary/aromatic N) is 6. The molecule has 0 aliphatic carbocycles. The number of likely N-dealkylation sites (N-methyl/N-ethyl adjacent to an activating group) is 1. The lowest BCUT2D eigenvalue weighted by Crippen LogP contribution is -2.50. The fourth-order valence-electron chi connectivity index (χ4n) is 8.68. The van der Waals surface area contributed by atoms with Crippen LogP contribution in [0, 0.1) is 0 Å². The zero-order valence-corrected chi connectivity index (χ0v) is 43.2. The number of imidazole rings is 1. The van der Waals surface area contributed by atoms with Gasteiger partial charge in [-0.15, -0.1) is 0 Å². The van der Waals surface area contributed by atoms with Crippen LogP contribution in [0.1, 0.15) is 103 Å². The topological polar surface area (TPSA) is 137 Å². The first-order valence-electron chi connectivity index (χ1n) is 24.4. The molecule has 7 rings (SSSR count). The van der Waals surface area contributed by atoms with E-state index < -0.39 is 24.2 Å². The highest BCUT2D eigenvalue weighted by Gasteiger charge is 2.40. The van der Waals surface area contributed by atoms with Crippen molar-refractivity contribution in [3.63, 3.8) is 0 Å². The van der Waals surface area contributed by atoms with E-state index in [1.165, 1.54) is 24.3 Å². The van der Waals surface area contributed by atoms with Crippen molar-refractivity contribution in [2.24, 2.45) is 0 Å². The van der Waals surface area contributed by atoms with Gasteiger partial charge >= 0.3 is 0 Å². The molecule has 0 radical (unpaired) electrons. The Morgan fingerprint density at radius 1 is 0.838 bits per heavy atom. The molecule has 0 spiro atoms. The van der Waals surface area contributed by atoms with E-state index in [0.717, 1.165) is 73.8 Å². The number of unbranched alkanes of at least 4 members (excludes halogenated alkanes) is 2. The molecule has 3 heterocycles. The molecular weight excluding hydrogens is 891 g/mol. The number of hydrogen-bond acceptors (Lipinski definition) is 9. The van der Waals surface area contributed by atoms with Crippen molar-refractivity contribution in [2.75, 3.05) is 59.5 Å². The summed E-state index contributed by atoms with van der Waals surface area (Å²) in [4.78, 5) is 57.8. The molecule has 4 aromatic carbocycles. The predicted octanol–water partition coefficient (Wildman–Crippen LogP) is 8.70. The Morgan fingerprint density at radius 2 is 1.50 bits per heavy atom. The van der Waals surface area contributed by atoms with Crippen LogP contribution in [0.15, 0.2) is 96.0 Å². The third-order valence-corrected chi connectivity index (χ3v) is 20.0. The molecule has 15 heteroatoms. The fraction of sp³-hybridized carbons (Fsp3) is 0.472. The third kappa shape index (κ3) is 11.8. The van der Waals surface area contributed by atoms with Gasteiger partial charge in [0.1, 0.15) is 11.5 Å². The normalized spacial score (nSPS) is 16.2. The van der Waals surface area contributed by atoms with Crippen LogP contribution >= 0.6 is 0 Å². The number of rotatable bonds is 18. The average Bonchev–Trinajstić information content (AvgIpc) is 3.75. The summed E-state index contributed by atoms with van der Waals surface area (Å²) >= 11 is 0. The minimum atomic E-state index is -4.32. The van der Waals surface area contributed by atoms with Gasteiger partial charge in [0.2, 0.25) is 0 Å². The fourth-order valence-corrected chi connectivity index (χ4v) is 10.7. The monoisotopic (exact) mass is 961 g/mol. The van der Waals surface area contributed by atoms with Gasteiger partial charge in [0.25, 0.3) is 27.7 Å². The molecule has 1 aromatic heterocycles. The SMILES string of the molecule is CCCCN(CCCC)C(=O)c1cn(CCN2CCN(C)CC2)c(-c2ccc(C(=O)NS(=O)(=O)c3ccc4ccccc4c3)cc2C(=O)N2Cc3ccccc3CC2CO[Si](C)(C)C(C)(C)C)n1. The number of benzene rings is 4. The lowest BCUT2D eigenvalue weighted by molar-refractivity contribution is 0.0555. The maximum absolute atomic E-state index is 15.7. The first-order chi connectivity index (χ1) is 32.4. The number of sulfonamides is 1. The predicted molar refractivity (Wildman–Crippen MR) is 273 cm³/mol. The highest BCUT2D eigenvalue weighted by molar-refractivity contribution is 7.90. The Kier molecular flexibility index (Phi) is 16.1. The van der Waals surface area contributed by atoms with Gasteiger partial charge in [-0.25, -0.2) is 18.1 Å². The van der Waals surface area contributed by atoms with E-state index in [9.17, 15) is 18.0 Å². The largest absolute Gasteiger partial charge is 0.415 e. The molecule has 68 heavy (non-hydrogen) atoms. The molecule has 1 unspecified atom stereocenters. The van der Waals surface area contributed by atoms with Crippen molar-refractivity contribution in [3.8, 4) is 11.4 Å². The van der Waals surface area contributed by atoms with Crippen LogP contribution in [0.3, 0.4) is 0 Å². The summed E-state index contributed by atoms with van der Waals surface area (Å²) in [6.07, 6.45) is 6.00. The summed E-state index contributed by atoms with van der Waals surface area (Å²) in [5, 5.41) is 1.52. The van der Waals surface area contributed by atoms with Crippen LogP contribution in [-0.4, -0.2) is 129 Å². The van der Waals surface area contributed by atoms with Crippen molar-refractivity contribution in [1.82, 2.24) is 33.9 Å². The standard InChI is InChI=1S/C53H71N7O6SSi/c1-9-11-25-58(26-12-10-2)52(63)48-37-59(32-31-57-29-27-56(6)28-30-57)49(54-48)46-24-22-42(50(61)55-67(64,65)45-23-21-39-17-13-14-19-41(39)34-45)35-47(46)51(62)60-36-43-20-16-15-18-40(43)33-44(60)38-66-68(7,8)53(3,4)5/h13-24,34-35,37,44H,9-12,25-33,36,38H2,1-8H3,(H,55,61). The highest BCUT2D eigenvalue weighted by Crippen LogP contribution is 2.38. The molecular formula is C53H71N7O6SSi. The number of carbonyl (C=O) groups is 3. The lowest BCUT2D eigenvalue weighted by atomic mass is 9.92. The number of nitrogens with one attached hydrogen (secondary N) is 1. The van der Waals surface area contributed by atoms with E-state index in [1.807, 2.05) is 63.0 Å². The van der Waals surface area contributed by atoms with Crippen LogP contribution in [0.2, 0.25) is 18.1 Å². The van der Waals surface area contributed by atoms with E-state index >= 15 is 4.79 Å². The van der Waals surface area contributed by atoms with Crippen LogP contribution in [0.5, 0.6) is 0 Å². The van der Waals surface area contributed by atoms with Gasteiger partial charge in [-0.05, 0) is 96.7 Å². The molecule has 1 saturated heterocycles. The molecule has 1 fully saturated rings. The average molecular weight is 962 g/mol. The molecule has 3 amide bonds. The van der Waals surface area contributed by atoms with Crippen molar-refractivity contribution >= 4 is 46.8 Å². The Labute approximate surface area is 405 Å². The van der Waals surface area contributed by atoms with Crippen molar-refractivity contribution < 1.29 is 27.2 Å². The number of carbonyl (C=O) groups excluding carboxylic acids is 3. The van der Waals surface area contributed by atoms with E-state index in [4.69, 9.17) is 9.41 Å². The second kappa shape index (κ2) is 21.6.